The highest BCUT2D eigenvalue weighted by Gasteiger charge is 2.17. The van der Waals surface area contributed by atoms with E-state index in [-0.39, 0.29) is 17.1 Å². The third-order valence-corrected chi connectivity index (χ3v) is 6.79. The van der Waals surface area contributed by atoms with Crippen LogP contribution in [0.15, 0.2) is 63.2 Å². The summed E-state index contributed by atoms with van der Waals surface area (Å²) in [4.78, 5) is 31.6. The van der Waals surface area contributed by atoms with Crippen molar-refractivity contribution in [2.45, 2.75) is 5.16 Å². The summed E-state index contributed by atoms with van der Waals surface area (Å²) < 4.78 is 1.54. The molecule has 4 aromatic rings. The molecule has 3 aromatic heterocycles. The lowest BCUT2D eigenvalue weighted by atomic mass is 10.2. The van der Waals surface area contributed by atoms with Gasteiger partial charge in [0.25, 0.3) is 5.56 Å². The number of thioether (sulfide) groups is 1. The third-order valence-electron chi connectivity index (χ3n) is 3.99. The van der Waals surface area contributed by atoms with Gasteiger partial charge in [0.15, 0.2) is 10.9 Å². The normalized spacial score (nSPS) is 11.1. The number of rotatable bonds is 5. The second-order valence-electron chi connectivity index (χ2n) is 5.64. The zero-order valence-corrected chi connectivity index (χ0v) is 16.3. The van der Waals surface area contributed by atoms with Crippen molar-refractivity contribution in [3.8, 4) is 10.4 Å². The van der Waals surface area contributed by atoms with Crippen molar-refractivity contribution in [3.05, 3.63) is 69.1 Å². The van der Waals surface area contributed by atoms with Gasteiger partial charge in [0.05, 0.1) is 11.1 Å². The first-order valence-electron chi connectivity index (χ1n) is 7.88. The second kappa shape index (κ2) is 7.19. The molecule has 130 valence electrons. The molecule has 0 N–H and O–H groups in total. The lowest BCUT2D eigenvalue weighted by Gasteiger charge is -2.07. The maximum Gasteiger partial charge on any atom is 0.263 e. The van der Waals surface area contributed by atoms with E-state index in [4.69, 9.17) is 0 Å². The van der Waals surface area contributed by atoms with E-state index in [1.165, 1.54) is 27.7 Å². The summed E-state index contributed by atoms with van der Waals surface area (Å²) in [5.41, 5.74) is 1.53. The molecule has 3 heterocycles. The van der Waals surface area contributed by atoms with Gasteiger partial charge in [0.2, 0.25) is 0 Å². The average Bonchev–Trinajstić information content (AvgIpc) is 3.33. The van der Waals surface area contributed by atoms with Crippen molar-refractivity contribution in [2.24, 2.45) is 7.05 Å². The fraction of sp³-hybridized carbons (Fsp3) is 0.105. The van der Waals surface area contributed by atoms with Crippen LogP contribution in [0.3, 0.4) is 0 Å². The summed E-state index contributed by atoms with van der Waals surface area (Å²) >= 11 is 4.37. The molecule has 0 atom stereocenters. The number of Topliss-reactive ketones (excluding diaryl/α,β-unsaturated/α-hetero) is 1. The molecule has 0 spiro atoms. The predicted octanol–water partition coefficient (Wildman–Crippen LogP) is 4.70. The van der Waals surface area contributed by atoms with Gasteiger partial charge in [0, 0.05) is 28.4 Å². The Morgan fingerprint density at radius 1 is 1.15 bits per heavy atom. The Morgan fingerprint density at radius 2 is 1.96 bits per heavy atom. The van der Waals surface area contributed by atoms with Gasteiger partial charge in [-0.15, -0.1) is 22.7 Å². The van der Waals surface area contributed by atoms with E-state index in [0.29, 0.717) is 20.9 Å². The third kappa shape index (κ3) is 3.13. The summed E-state index contributed by atoms with van der Waals surface area (Å²) in [5.74, 6) is 0.272. The molecule has 0 fully saturated rings. The minimum Gasteiger partial charge on any atom is -0.293 e. The molecule has 0 unspecified atom stereocenters. The van der Waals surface area contributed by atoms with E-state index < -0.39 is 0 Å². The molecule has 7 heteroatoms. The number of thiophene rings is 2. The van der Waals surface area contributed by atoms with Gasteiger partial charge in [-0.25, -0.2) is 4.98 Å². The topological polar surface area (TPSA) is 52.0 Å². The predicted molar refractivity (Wildman–Crippen MR) is 110 cm³/mol. The van der Waals surface area contributed by atoms with Crippen LogP contribution in [0.5, 0.6) is 0 Å². The first-order valence-corrected chi connectivity index (χ1v) is 10.6. The standard InChI is InChI=1S/C19H14N2O2S3/c1-21-18(23)16-13(15-8-5-9-24-15)10-25-17(16)20-19(21)26-11-14(22)12-6-3-2-4-7-12/h2-10H,11H2,1H3. The Bertz CT molecular complexity index is 1130. The number of hydrogen-bond acceptors (Lipinski definition) is 6. The Balaban J connectivity index is 1.66. The van der Waals surface area contributed by atoms with Gasteiger partial charge in [-0.2, -0.15) is 0 Å². The van der Waals surface area contributed by atoms with Gasteiger partial charge < -0.3 is 0 Å². The molecule has 0 aliphatic heterocycles. The van der Waals surface area contributed by atoms with Gasteiger partial charge >= 0.3 is 0 Å². The molecule has 0 aliphatic rings. The van der Waals surface area contributed by atoms with E-state index >= 15 is 0 Å². The van der Waals surface area contributed by atoms with Crippen LogP contribution in [-0.2, 0) is 7.05 Å². The number of nitrogens with zero attached hydrogens (tertiary/aromatic N) is 2. The smallest absolute Gasteiger partial charge is 0.263 e. The number of ketones is 1. The van der Waals surface area contributed by atoms with Crippen molar-refractivity contribution < 1.29 is 4.79 Å². The highest BCUT2D eigenvalue weighted by atomic mass is 32.2. The van der Waals surface area contributed by atoms with Crippen molar-refractivity contribution in [1.82, 2.24) is 9.55 Å². The average molecular weight is 399 g/mol. The van der Waals surface area contributed by atoms with Crippen LogP contribution in [0.4, 0.5) is 0 Å². The summed E-state index contributed by atoms with van der Waals surface area (Å²) in [6, 6.07) is 13.1. The van der Waals surface area contributed by atoms with Gasteiger partial charge in [-0.1, -0.05) is 48.2 Å². The number of aromatic nitrogens is 2. The number of carbonyl (C=O) groups excluding carboxylic acids is 1. The molecule has 26 heavy (non-hydrogen) atoms. The Morgan fingerprint density at radius 3 is 2.69 bits per heavy atom. The number of hydrogen-bond donors (Lipinski definition) is 0. The fourth-order valence-electron chi connectivity index (χ4n) is 2.63. The molecular formula is C19H14N2O2S3. The molecule has 0 saturated heterocycles. The van der Waals surface area contributed by atoms with Crippen molar-refractivity contribution in [2.75, 3.05) is 5.75 Å². The van der Waals surface area contributed by atoms with E-state index in [0.717, 1.165) is 10.4 Å². The summed E-state index contributed by atoms with van der Waals surface area (Å²) in [5, 5.41) is 5.19. The molecule has 0 saturated carbocycles. The lowest BCUT2D eigenvalue weighted by Crippen LogP contribution is -2.20. The molecule has 4 rings (SSSR count). The zero-order valence-electron chi connectivity index (χ0n) is 13.8. The summed E-state index contributed by atoms with van der Waals surface area (Å²) in [6.45, 7) is 0. The molecular weight excluding hydrogens is 384 g/mol. The molecule has 0 amide bonds. The maximum absolute atomic E-state index is 12.9. The first-order chi connectivity index (χ1) is 12.6. The van der Waals surface area contributed by atoms with Crippen LogP contribution in [0.2, 0.25) is 0 Å². The van der Waals surface area contributed by atoms with E-state index in [1.54, 1.807) is 30.5 Å². The van der Waals surface area contributed by atoms with E-state index in [1.807, 2.05) is 41.1 Å². The quantitative estimate of drug-likeness (QED) is 0.278. The highest BCUT2D eigenvalue weighted by molar-refractivity contribution is 7.99. The fourth-order valence-corrected chi connectivity index (χ4v) is 5.30. The van der Waals surface area contributed by atoms with Crippen LogP contribution in [0.1, 0.15) is 10.4 Å². The second-order valence-corrected chi connectivity index (χ2v) is 8.39. The summed E-state index contributed by atoms with van der Waals surface area (Å²) in [6.07, 6.45) is 0. The van der Waals surface area contributed by atoms with Crippen molar-refractivity contribution in [1.29, 1.82) is 0 Å². The number of benzene rings is 1. The largest absolute Gasteiger partial charge is 0.293 e. The van der Waals surface area contributed by atoms with Crippen LogP contribution < -0.4 is 5.56 Å². The molecule has 0 bridgehead atoms. The highest BCUT2D eigenvalue weighted by Crippen LogP contribution is 2.34. The minimum absolute atomic E-state index is 0.0235. The molecule has 0 aliphatic carbocycles. The van der Waals surface area contributed by atoms with Crippen LogP contribution >= 0.6 is 34.4 Å². The number of fused-ring (bicyclic) bond motifs is 1. The first kappa shape index (κ1) is 17.2. The maximum atomic E-state index is 12.9. The Labute approximate surface area is 162 Å². The van der Waals surface area contributed by atoms with E-state index in [9.17, 15) is 9.59 Å². The van der Waals surface area contributed by atoms with Crippen LogP contribution in [-0.4, -0.2) is 21.1 Å². The van der Waals surface area contributed by atoms with Gasteiger partial charge in [0.1, 0.15) is 4.83 Å². The van der Waals surface area contributed by atoms with Crippen LogP contribution in [0.25, 0.3) is 20.7 Å². The zero-order chi connectivity index (χ0) is 18.1. The number of carbonyl (C=O) groups is 1. The molecule has 0 radical (unpaired) electrons. The van der Waals surface area contributed by atoms with Gasteiger partial charge in [-0.3, -0.25) is 14.2 Å². The van der Waals surface area contributed by atoms with Crippen molar-refractivity contribution in [3.63, 3.8) is 0 Å². The molecule has 4 nitrogen and oxygen atoms in total. The SMILES string of the molecule is Cn1c(SCC(=O)c2ccccc2)nc2scc(-c3cccs3)c2c1=O. The van der Waals surface area contributed by atoms with Crippen molar-refractivity contribution >= 4 is 50.4 Å². The Kier molecular flexibility index (Phi) is 4.76. The Hall–Kier alpha value is -2.22. The summed E-state index contributed by atoms with van der Waals surface area (Å²) in [7, 11) is 1.71. The van der Waals surface area contributed by atoms with Gasteiger partial charge in [-0.05, 0) is 11.4 Å². The lowest BCUT2D eigenvalue weighted by molar-refractivity contribution is 0.102. The van der Waals surface area contributed by atoms with E-state index in [2.05, 4.69) is 4.98 Å². The molecule has 1 aromatic carbocycles. The monoisotopic (exact) mass is 398 g/mol. The minimum atomic E-state index is -0.0747. The van der Waals surface area contributed by atoms with Crippen LogP contribution in [0, 0.1) is 0 Å².